The number of aliphatic hydroxyl groups is 4. The maximum atomic E-state index is 14.9. The maximum Gasteiger partial charge on any atom is 0.328 e. The molecule has 0 bridgehead atoms. The fourth-order valence-electron chi connectivity index (χ4n) is 11.8. The Kier molecular flexibility index (Phi) is 27.7. The van der Waals surface area contributed by atoms with Crippen LogP contribution in [0.1, 0.15) is 86.6 Å². The minimum Gasteiger partial charge on any atom is -0.478 e. The van der Waals surface area contributed by atoms with E-state index in [1.807, 2.05) is 33.8 Å². The first-order valence-electron chi connectivity index (χ1n) is 30.0. The van der Waals surface area contributed by atoms with Crippen molar-refractivity contribution in [2.45, 2.75) is 210 Å². The van der Waals surface area contributed by atoms with Crippen LogP contribution in [0.25, 0.3) is 0 Å². The van der Waals surface area contributed by atoms with E-state index in [1.54, 1.807) is 133 Å². The normalized spacial score (nSPS) is 36.3. The van der Waals surface area contributed by atoms with Gasteiger partial charge in [0.05, 0.1) is 74.1 Å². The van der Waals surface area contributed by atoms with Gasteiger partial charge in [-0.1, -0.05) is 124 Å². The number of rotatable bonds is 28. The van der Waals surface area contributed by atoms with Gasteiger partial charge in [-0.15, -0.1) is 0 Å². The lowest BCUT2D eigenvalue weighted by Gasteiger charge is -2.54. The van der Waals surface area contributed by atoms with Crippen LogP contribution in [-0.2, 0) is 82.4 Å². The van der Waals surface area contributed by atoms with Gasteiger partial charge in [0.25, 0.3) is 0 Å². The van der Waals surface area contributed by atoms with Crippen LogP contribution < -0.4 is 5.32 Å². The van der Waals surface area contributed by atoms with Gasteiger partial charge in [-0.25, -0.2) is 4.79 Å². The summed E-state index contributed by atoms with van der Waals surface area (Å²) in [6.07, 6.45) is 7.66. The summed E-state index contributed by atoms with van der Waals surface area (Å²) >= 11 is 0. The number of esters is 1. The lowest BCUT2D eigenvalue weighted by atomic mass is 9.71. The number of nitrogens with one attached hydrogen (secondary N) is 1. The highest BCUT2D eigenvalue weighted by molar-refractivity contribution is 5.81. The molecule has 0 radical (unpaired) electrons. The second kappa shape index (κ2) is 33.8. The molecule has 5 saturated heterocycles. The Morgan fingerprint density at radius 1 is 0.759 bits per heavy atom. The standard InChI is InChI=1S/C65H95NO21/c1-13-14-18-29-51-64(7,8)61(72)62(84-53(70)32-43-26-19-17-20-27-43)65(74,87-51)44(63(73)66-31-24-23-25-38(2)58(78-12)39(3)47-33-45(67)46(83-47)28-21-15-16-22-30-52(68)69)37-79-54-35-49(76-10)59(41(5)81-54)86-56-36-50(77-11)60(42(6)82-56)85-55-34-48(75-9)57(71)40(4)80-55/h13-30,39-42,44-51,54-62,67,71-72,74H,31-37H2,1-12H3,(H,66,73)(H,68,69)/t39-,40+,41+,42+,44+,45+,46+,47-,48+,49+,50+,51-,54+,55-,56-,57-,58-,59-,60-,61-,62-,65+/m0/s1. The maximum absolute atomic E-state index is 14.9. The van der Waals surface area contributed by atoms with Crippen molar-refractivity contribution < 1.29 is 101 Å². The largest absolute Gasteiger partial charge is 0.478 e. The van der Waals surface area contributed by atoms with E-state index >= 15 is 0 Å². The summed E-state index contributed by atoms with van der Waals surface area (Å²) in [7, 11) is 6.24. The number of amides is 1. The molecule has 1 amide bonds. The fraction of sp³-hybridized carbons (Fsp3) is 0.646. The number of hydrogen-bond donors (Lipinski definition) is 6. The van der Waals surface area contributed by atoms with Gasteiger partial charge in [0.1, 0.15) is 36.4 Å². The minimum atomic E-state index is -2.71. The Bertz CT molecular complexity index is 2530. The molecular formula is C65H95NO21. The molecule has 22 nitrogen and oxygen atoms in total. The second-order valence-corrected chi connectivity index (χ2v) is 23.5. The molecule has 0 spiro atoms. The highest BCUT2D eigenvalue weighted by Gasteiger charge is 2.63. The number of allylic oxidation sites excluding steroid dienone is 9. The van der Waals surface area contributed by atoms with Gasteiger partial charge in [0.2, 0.25) is 11.7 Å². The number of aliphatic carboxylic acids is 1. The Labute approximate surface area is 512 Å². The van der Waals surface area contributed by atoms with Crippen molar-refractivity contribution in [3.63, 3.8) is 0 Å². The van der Waals surface area contributed by atoms with Crippen LogP contribution in [0.4, 0.5) is 0 Å². The number of carbonyl (C=O) groups excluding carboxylic acids is 2. The van der Waals surface area contributed by atoms with Crippen LogP contribution in [0.3, 0.4) is 0 Å². The number of hydrogen-bond acceptors (Lipinski definition) is 20. The van der Waals surface area contributed by atoms with E-state index in [-0.39, 0.29) is 37.8 Å². The molecule has 5 aliphatic rings. The van der Waals surface area contributed by atoms with Gasteiger partial charge in [-0.3, -0.25) is 9.59 Å². The van der Waals surface area contributed by atoms with E-state index < -0.39 is 152 Å². The van der Waals surface area contributed by atoms with Gasteiger partial charge < -0.3 is 92.4 Å². The molecule has 5 aliphatic heterocycles. The Hall–Kier alpha value is -4.83. The van der Waals surface area contributed by atoms with Gasteiger partial charge in [-0.2, -0.15) is 0 Å². The third-order valence-corrected chi connectivity index (χ3v) is 16.9. The third-order valence-electron chi connectivity index (χ3n) is 16.9. The monoisotopic (exact) mass is 1230 g/mol. The van der Waals surface area contributed by atoms with Crippen LogP contribution in [0.15, 0.2) is 115 Å². The molecule has 1 aromatic rings. The van der Waals surface area contributed by atoms with Crippen molar-refractivity contribution in [2.24, 2.45) is 17.3 Å². The average molecular weight is 1230 g/mol. The van der Waals surface area contributed by atoms with Crippen molar-refractivity contribution >= 4 is 17.8 Å². The summed E-state index contributed by atoms with van der Waals surface area (Å²) in [5.41, 5.74) is 0.265. The Morgan fingerprint density at radius 3 is 1.98 bits per heavy atom. The molecule has 6 N–H and O–H groups in total. The first kappa shape index (κ1) is 71.2. The Morgan fingerprint density at radius 2 is 1.36 bits per heavy atom. The zero-order valence-electron chi connectivity index (χ0n) is 52.2. The molecule has 0 aromatic heterocycles. The SMILES string of the molecule is CC=CC=C[C@@H]1O[C@](O)([C@H](CO[C@H]2C[C@@H](OC)[C@@H](O[C@H]3C[C@@H](OC)[C@@H](O[C@H]4C[C@@H](OC)[C@@H](O)[C@@H](C)O4)[C@@H](C)O3)[C@@H](C)O2)C(=O)NCC=CC=C(C)[C@H](OC)[C@@H](C)[C@@H]2C[C@@H](O)[C@@H](C=CC=CC=CC(=O)O)O2)[C@@H](OC(=O)Cc2ccccc2)[C@H](O)C1(C)C. The molecule has 0 unspecified atom stereocenters. The first-order valence-corrected chi connectivity index (χ1v) is 30.0. The summed E-state index contributed by atoms with van der Waals surface area (Å²) < 4.78 is 80.6. The summed E-state index contributed by atoms with van der Waals surface area (Å²) in [6, 6.07) is 8.84. The van der Waals surface area contributed by atoms with E-state index in [4.69, 9.17) is 66.7 Å². The zero-order valence-corrected chi connectivity index (χ0v) is 52.2. The highest BCUT2D eigenvalue weighted by atomic mass is 16.7. The van der Waals surface area contributed by atoms with Crippen LogP contribution in [0, 0.1) is 17.3 Å². The summed E-state index contributed by atoms with van der Waals surface area (Å²) in [4.78, 5) is 39.5. The lowest BCUT2D eigenvalue weighted by Crippen LogP contribution is -2.71. The topological polar surface area (TPSA) is 284 Å². The average Bonchev–Trinajstić information content (AvgIpc) is 1.73. The molecule has 22 heteroatoms. The predicted molar refractivity (Wildman–Crippen MR) is 318 cm³/mol. The molecule has 0 saturated carbocycles. The number of benzene rings is 1. The van der Waals surface area contributed by atoms with Crippen LogP contribution in [0.5, 0.6) is 0 Å². The molecule has 87 heavy (non-hydrogen) atoms. The van der Waals surface area contributed by atoms with Crippen molar-refractivity contribution in [2.75, 3.05) is 41.6 Å². The summed E-state index contributed by atoms with van der Waals surface area (Å²) in [5, 5.41) is 58.5. The number of carbonyl (C=O) groups is 3. The van der Waals surface area contributed by atoms with Crippen LogP contribution >= 0.6 is 0 Å². The van der Waals surface area contributed by atoms with Crippen molar-refractivity contribution in [1.82, 2.24) is 5.32 Å². The summed E-state index contributed by atoms with van der Waals surface area (Å²) in [5.74, 6) is -7.19. The predicted octanol–water partition coefficient (Wildman–Crippen LogP) is 5.50. The number of ether oxygens (including phenoxy) is 13. The molecule has 5 heterocycles. The third kappa shape index (κ3) is 19.1. The Balaban J connectivity index is 1.19. The molecule has 0 aliphatic carbocycles. The molecule has 1 aromatic carbocycles. The van der Waals surface area contributed by atoms with Crippen LogP contribution in [0.2, 0.25) is 0 Å². The summed E-state index contributed by atoms with van der Waals surface area (Å²) in [6.45, 7) is 13.9. The number of aliphatic hydroxyl groups excluding tert-OH is 3. The lowest BCUT2D eigenvalue weighted by molar-refractivity contribution is -0.368. The quantitative estimate of drug-likeness (QED) is 0.0343. The van der Waals surface area contributed by atoms with Gasteiger partial charge in [0, 0.05) is 78.1 Å². The van der Waals surface area contributed by atoms with Crippen molar-refractivity contribution in [3.8, 4) is 0 Å². The zero-order chi connectivity index (χ0) is 63.6. The highest BCUT2D eigenvalue weighted by Crippen LogP contribution is 2.46. The van der Waals surface area contributed by atoms with Crippen LogP contribution in [-0.4, -0.2) is 207 Å². The van der Waals surface area contributed by atoms with Gasteiger partial charge in [0.15, 0.2) is 25.0 Å². The number of carboxylic acid groups (broad SMARTS) is 1. The molecule has 486 valence electrons. The molecule has 5 fully saturated rings. The first-order chi connectivity index (χ1) is 41.5. The van der Waals surface area contributed by atoms with Crippen molar-refractivity contribution in [1.29, 1.82) is 0 Å². The van der Waals surface area contributed by atoms with Gasteiger partial charge >= 0.3 is 11.9 Å². The fourth-order valence-corrected chi connectivity index (χ4v) is 11.8. The van der Waals surface area contributed by atoms with E-state index in [1.165, 1.54) is 20.3 Å². The molecular weight excluding hydrogens is 1130 g/mol. The second-order valence-electron chi connectivity index (χ2n) is 23.5. The van der Waals surface area contributed by atoms with E-state index in [9.17, 15) is 34.8 Å². The smallest absolute Gasteiger partial charge is 0.328 e. The molecule has 6 rings (SSSR count). The minimum absolute atomic E-state index is 0.0572. The van der Waals surface area contributed by atoms with E-state index in [0.717, 1.165) is 11.6 Å². The van der Waals surface area contributed by atoms with Crippen molar-refractivity contribution in [3.05, 3.63) is 120 Å². The van der Waals surface area contributed by atoms with Gasteiger partial charge in [-0.05, 0) is 45.8 Å². The van der Waals surface area contributed by atoms with E-state index in [0.29, 0.717) is 18.4 Å². The van der Waals surface area contributed by atoms with E-state index in [2.05, 4.69) is 5.32 Å². The number of carboxylic acids is 1. The molecule has 22 atom stereocenters. The number of methoxy groups -OCH3 is 4.